The molecule has 5 heteroatoms. The van der Waals surface area contributed by atoms with Crippen molar-refractivity contribution in [2.45, 2.75) is 67.5 Å². The standard InChI is InChI=1S/C35H45N2OS.BrH/c1-7-37(8-2,25-31-21-28(5)18-29(6)22-31)16-12-11-15-36(24-30-19-26(3)17-27(4)20-30)35(38)34-23-32-13-9-10-14-33(32)39-34;/h9-10,13-14,17-23H,7-8,11-12,15-16,24-25H2,1-6H3;1H/q+1;/p-1. The third kappa shape index (κ3) is 8.28. The van der Waals surface area contributed by atoms with Gasteiger partial charge in [-0.25, -0.2) is 0 Å². The summed E-state index contributed by atoms with van der Waals surface area (Å²) < 4.78 is 2.26. The number of aryl methyl sites for hydroxylation is 4. The molecule has 0 aliphatic rings. The highest BCUT2D eigenvalue weighted by molar-refractivity contribution is 7.20. The van der Waals surface area contributed by atoms with Gasteiger partial charge in [-0.1, -0.05) is 76.9 Å². The topological polar surface area (TPSA) is 20.3 Å². The number of amides is 1. The van der Waals surface area contributed by atoms with Crippen molar-refractivity contribution in [1.29, 1.82) is 0 Å². The van der Waals surface area contributed by atoms with Crippen LogP contribution in [0.15, 0.2) is 66.7 Å². The molecule has 0 saturated heterocycles. The maximum atomic E-state index is 13.8. The van der Waals surface area contributed by atoms with Crippen LogP contribution in [0.1, 0.15) is 69.7 Å². The summed E-state index contributed by atoms with van der Waals surface area (Å²) in [6, 6.07) is 23.9. The van der Waals surface area contributed by atoms with Gasteiger partial charge in [0.15, 0.2) is 0 Å². The molecule has 4 rings (SSSR count). The molecule has 1 heterocycles. The molecule has 1 aromatic heterocycles. The molecule has 0 saturated carbocycles. The molecule has 4 aromatic rings. The summed E-state index contributed by atoms with van der Waals surface area (Å²) in [5.41, 5.74) is 7.84. The minimum Gasteiger partial charge on any atom is -1.00 e. The van der Waals surface area contributed by atoms with Gasteiger partial charge < -0.3 is 26.4 Å². The van der Waals surface area contributed by atoms with E-state index < -0.39 is 0 Å². The minimum atomic E-state index is 0. The van der Waals surface area contributed by atoms with Crippen LogP contribution in [-0.4, -0.2) is 41.5 Å². The lowest BCUT2D eigenvalue weighted by atomic mass is 10.1. The van der Waals surface area contributed by atoms with E-state index in [2.05, 4.69) is 101 Å². The van der Waals surface area contributed by atoms with Gasteiger partial charge >= 0.3 is 0 Å². The van der Waals surface area contributed by atoms with E-state index >= 15 is 0 Å². The first-order chi connectivity index (χ1) is 18.7. The van der Waals surface area contributed by atoms with Crippen molar-refractivity contribution in [2.75, 3.05) is 26.2 Å². The minimum absolute atomic E-state index is 0. The highest BCUT2D eigenvalue weighted by atomic mass is 79.9. The molecule has 0 aliphatic carbocycles. The van der Waals surface area contributed by atoms with Crippen LogP contribution in [0.25, 0.3) is 10.1 Å². The number of halogens is 1. The Labute approximate surface area is 256 Å². The molecule has 1 amide bonds. The summed E-state index contributed by atoms with van der Waals surface area (Å²) >= 11 is 1.61. The third-order valence-electron chi connectivity index (χ3n) is 8.03. The summed E-state index contributed by atoms with van der Waals surface area (Å²) in [6.45, 7) is 19.2. The Morgan fingerprint density at radius 3 is 1.93 bits per heavy atom. The van der Waals surface area contributed by atoms with Crippen molar-refractivity contribution in [1.82, 2.24) is 4.90 Å². The second kappa shape index (κ2) is 14.4. The normalized spacial score (nSPS) is 11.4. The molecular weight excluding hydrogens is 576 g/mol. The van der Waals surface area contributed by atoms with Gasteiger partial charge in [0.2, 0.25) is 0 Å². The zero-order chi connectivity index (χ0) is 28.0. The van der Waals surface area contributed by atoms with Crippen molar-refractivity contribution in [2.24, 2.45) is 0 Å². The lowest BCUT2D eigenvalue weighted by molar-refractivity contribution is -0.938. The van der Waals surface area contributed by atoms with Crippen molar-refractivity contribution >= 4 is 27.3 Å². The predicted octanol–water partition coefficient (Wildman–Crippen LogP) is 5.62. The van der Waals surface area contributed by atoms with Crippen LogP contribution in [0.2, 0.25) is 0 Å². The average Bonchev–Trinajstić information content (AvgIpc) is 3.32. The van der Waals surface area contributed by atoms with E-state index in [1.54, 1.807) is 11.3 Å². The van der Waals surface area contributed by atoms with Crippen LogP contribution < -0.4 is 17.0 Å². The average molecular weight is 622 g/mol. The van der Waals surface area contributed by atoms with Crippen molar-refractivity contribution in [3.05, 3.63) is 105 Å². The summed E-state index contributed by atoms with van der Waals surface area (Å²) in [7, 11) is 0. The van der Waals surface area contributed by atoms with E-state index in [0.717, 1.165) is 60.3 Å². The molecule has 214 valence electrons. The molecule has 0 spiro atoms. The Balaban J connectivity index is 0.00000441. The maximum Gasteiger partial charge on any atom is 0.264 e. The van der Waals surface area contributed by atoms with Gasteiger partial charge in [0.25, 0.3) is 5.91 Å². The lowest BCUT2D eigenvalue weighted by Crippen LogP contribution is -3.00. The zero-order valence-corrected chi connectivity index (χ0v) is 27.5. The van der Waals surface area contributed by atoms with E-state index in [9.17, 15) is 4.79 Å². The van der Waals surface area contributed by atoms with Crippen LogP contribution in [0.5, 0.6) is 0 Å². The van der Waals surface area contributed by atoms with Crippen LogP contribution in [-0.2, 0) is 13.1 Å². The molecule has 40 heavy (non-hydrogen) atoms. The van der Waals surface area contributed by atoms with Gasteiger partial charge in [-0.3, -0.25) is 4.79 Å². The molecule has 3 nitrogen and oxygen atoms in total. The van der Waals surface area contributed by atoms with Gasteiger partial charge in [0, 0.05) is 23.4 Å². The second-order valence-electron chi connectivity index (χ2n) is 11.4. The fourth-order valence-corrected chi connectivity index (χ4v) is 7.05. The SMILES string of the molecule is CC[N+](CC)(CCCCN(Cc1cc(C)cc(C)c1)C(=O)c1cc2ccccc2s1)Cc1cc(C)cc(C)c1.[Br-]. The maximum absolute atomic E-state index is 13.8. The molecular formula is C35H45BrN2OS. The number of thiophene rings is 1. The van der Waals surface area contributed by atoms with Crippen molar-refractivity contribution in [3.8, 4) is 0 Å². The van der Waals surface area contributed by atoms with Gasteiger partial charge in [-0.05, 0) is 77.5 Å². The molecule has 0 radical (unpaired) electrons. The summed E-state index contributed by atoms with van der Waals surface area (Å²) in [4.78, 5) is 16.7. The first kappa shape index (κ1) is 32.0. The van der Waals surface area contributed by atoms with Gasteiger partial charge in [0.05, 0.1) is 24.5 Å². The van der Waals surface area contributed by atoms with Crippen LogP contribution in [0.4, 0.5) is 0 Å². The van der Waals surface area contributed by atoms with Gasteiger partial charge in [-0.15, -0.1) is 11.3 Å². The van der Waals surface area contributed by atoms with Crippen LogP contribution in [0, 0.1) is 27.7 Å². The number of fused-ring (bicyclic) bond motifs is 1. The lowest BCUT2D eigenvalue weighted by Gasteiger charge is -2.37. The number of rotatable bonds is 12. The predicted molar refractivity (Wildman–Crippen MR) is 168 cm³/mol. The molecule has 3 aromatic carbocycles. The fraction of sp³-hybridized carbons (Fsp3) is 0.400. The van der Waals surface area contributed by atoms with E-state index in [0.29, 0.717) is 6.54 Å². The number of quaternary nitrogens is 1. The smallest absolute Gasteiger partial charge is 0.264 e. The third-order valence-corrected chi connectivity index (χ3v) is 9.13. The van der Waals surface area contributed by atoms with E-state index in [-0.39, 0.29) is 22.9 Å². The zero-order valence-electron chi connectivity index (χ0n) is 25.1. The second-order valence-corrected chi connectivity index (χ2v) is 12.5. The Bertz CT molecular complexity index is 1350. The highest BCUT2D eigenvalue weighted by Crippen LogP contribution is 2.27. The summed E-state index contributed by atoms with van der Waals surface area (Å²) in [5, 5.41) is 1.15. The molecule has 0 bridgehead atoms. The van der Waals surface area contributed by atoms with Crippen LogP contribution in [0.3, 0.4) is 0 Å². The molecule has 0 fully saturated rings. The largest absolute Gasteiger partial charge is 1.00 e. The van der Waals surface area contributed by atoms with Gasteiger partial charge in [0.1, 0.15) is 6.54 Å². The Morgan fingerprint density at radius 2 is 1.35 bits per heavy atom. The summed E-state index contributed by atoms with van der Waals surface area (Å²) in [6.07, 6.45) is 2.11. The number of unbranched alkanes of at least 4 members (excludes halogenated alkanes) is 1. The Kier molecular flexibility index (Phi) is 11.6. The Hall–Kier alpha value is -2.47. The number of hydrogen-bond donors (Lipinski definition) is 0. The number of carbonyl (C=O) groups is 1. The van der Waals surface area contributed by atoms with E-state index in [1.165, 1.54) is 38.1 Å². The number of carbonyl (C=O) groups excluding carboxylic acids is 1. The number of benzene rings is 3. The van der Waals surface area contributed by atoms with E-state index in [4.69, 9.17) is 0 Å². The molecule has 0 aliphatic heterocycles. The molecule has 0 atom stereocenters. The van der Waals surface area contributed by atoms with Crippen LogP contribution >= 0.6 is 11.3 Å². The fourth-order valence-electron chi connectivity index (χ4n) is 6.02. The number of nitrogens with zero attached hydrogens (tertiary/aromatic N) is 2. The molecule has 0 N–H and O–H groups in total. The Morgan fingerprint density at radius 1 is 0.775 bits per heavy atom. The van der Waals surface area contributed by atoms with Gasteiger partial charge in [-0.2, -0.15) is 0 Å². The first-order valence-corrected chi connectivity index (χ1v) is 15.3. The van der Waals surface area contributed by atoms with Crippen molar-refractivity contribution < 1.29 is 26.3 Å². The molecule has 0 unspecified atom stereocenters. The van der Waals surface area contributed by atoms with Crippen molar-refractivity contribution in [3.63, 3.8) is 0 Å². The number of hydrogen-bond acceptors (Lipinski definition) is 2. The summed E-state index contributed by atoms with van der Waals surface area (Å²) in [5.74, 6) is 0.150. The quantitative estimate of drug-likeness (QED) is 0.149. The van der Waals surface area contributed by atoms with E-state index in [1.807, 2.05) is 12.1 Å². The first-order valence-electron chi connectivity index (χ1n) is 14.5. The monoisotopic (exact) mass is 620 g/mol. The highest BCUT2D eigenvalue weighted by Gasteiger charge is 2.24.